The number of aliphatic hydroxyl groups is 1. The Kier molecular flexibility index (Phi) is 8.29. The standard InChI is InChI=1S/C24H29N5O4.H2S/c1-3-24(31,4-2)17-7-5-16(6-8-17)19-13-20-21(27-10-9-26-20)22(28-19)33-15-18-14-29(23(25)30)11-12-32-18;/h5-10,13,18,31H,3-4,11-12,14-15H2,1-2H3,(H2,25,30);1H2/t18-;/m0./s1. The minimum atomic E-state index is -0.839. The van der Waals surface area contributed by atoms with E-state index in [9.17, 15) is 9.90 Å². The van der Waals surface area contributed by atoms with Crippen molar-refractivity contribution in [3.63, 3.8) is 0 Å². The molecule has 10 heteroatoms. The molecule has 0 unspecified atom stereocenters. The van der Waals surface area contributed by atoms with Crippen molar-refractivity contribution in [3.8, 4) is 17.1 Å². The fourth-order valence-corrected chi connectivity index (χ4v) is 3.99. The van der Waals surface area contributed by atoms with Gasteiger partial charge in [-0.3, -0.25) is 4.98 Å². The molecule has 0 saturated carbocycles. The highest BCUT2D eigenvalue weighted by atomic mass is 32.1. The molecule has 182 valence electrons. The van der Waals surface area contributed by atoms with Crippen LogP contribution < -0.4 is 10.5 Å². The minimum Gasteiger partial charge on any atom is -0.473 e. The van der Waals surface area contributed by atoms with E-state index in [1.807, 2.05) is 44.2 Å². The molecule has 2 aromatic heterocycles. The number of urea groups is 1. The van der Waals surface area contributed by atoms with Crippen LogP contribution in [0.25, 0.3) is 22.3 Å². The number of rotatable bonds is 7. The number of morpholine rings is 1. The normalized spacial score (nSPS) is 16.2. The summed E-state index contributed by atoms with van der Waals surface area (Å²) in [5, 5.41) is 10.8. The second-order valence-electron chi connectivity index (χ2n) is 8.14. The first-order valence-electron chi connectivity index (χ1n) is 11.2. The maximum atomic E-state index is 11.5. The molecule has 1 fully saturated rings. The molecule has 4 rings (SSSR count). The number of nitrogens with zero attached hydrogens (tertiary/aromatic N) is 4. The Hall–Kier alpha value is -2.95. The quantitative estimate of drug-likeness (QED) is 0.527. The van der Waals surface area contributed by atoms with E-state index in [2.05, 4.69) is 9.97 Å². The Labute approximate surface area is 205 Å². The number of primary amides is 1. The van der Waals surface area contributed by atoms with E-state index >= 15 is 0 Å². The number of ether oxygens (including phenoxy) is 2. The van der Waals surface area contributed by atoms with Gasteiger partial charge >= 0.3 is 6.03 Å². The molecule has 0 aliphatic carbocycles. The van der Waals surface area contributed by atoms with Gasteiger partial charge in [-0.15, -0.1) is 0 Å². The van der Waals surface area contributed by atoms with Crippen LogP contribution in [0.5, 0.6) is 5.88 Å². The fraction of sp³-hybridized carbons (Fsp3) is 0.417. The zero-order valence-electron chi connectivity index (χ0n) is 19.4. The van der Waals surface area contributed by atoms with Crippen molar-refractivity contribution in [2.24, 2.45) is 5.73 Å². The molecule has 34 heavy (non-hydrogen) atoms. The number of pyridine rings is 1. The number of carbonyl (C=O) groups is 1. The number of aromatic nitrogens is 3. The van der Waals surface area contributed by atoms with E-state index < -0.39 is 11.6 Å². The second kappa shape index (κ2) is 11.0. The van der Waals surface area contributed by atoms with E-state index in [4.69, 9.17) is 20.2 Å². The number of benzene rings is 1. The van der Waals surface area contributed by atoms with E-state index in [1.165, 1.54) is 4.90 Å². The summed E-state index contributed by atoms with van der Waals surface area (Å²) in [6.07, 6.45) is 4.18. The van der Waals surface area contributed by atoms with Gasteiger partial charge in [-0.05, 0) is 24.5 Å². The molecule has 0 spiro atoms. The summed E-state index contributed by atoms with van der Waals surface area (Å²) < 4.78 is 11.7. The van der Waals surface area contributed by atoms with Crippen molar-refractivity contribution < 1.29 is 19.4 Å². The van der Waals surface area contributed by atoms with Gasteiger partial charge in [-0.2, -0.15) is 13.5 Å². The molecule has 1 aliphatic rings. The van der Waals surface area contributed by atoms with E-state index in [0.717, 1.165) is 11.1 Å². The van der Waals surface area contributed by atoms with Crippen molar-refractivity contribution in [2.75, 3.05) is 26.3 Å². The van der Waals surface area contributed by atoms with Gasteiger partial charge in [0.15, 0.2) is 5.52 Å². The van der Waals surface area contributed by atoms with Crippen molar-refractivity contribution in [1.82, 2.24) is 19.9 Å². The molecule has 9 nitrogen and oxygen atoms in total. The van der Waals surface area contributed by atoms with E-state index in [-0.39, 0.29) is 26.2 Å². The zero-order valence-corrected chi connectivity index (χ0v) is 20.4. The average molecular weight is 486 g/mol. The van der Waals surface area contributed by atoms with Crippen LogP contribution in [0.3, 0.4) is 0 Å². The zero-order chi connectivity index (χ0) is 23.4. The Morgan fingerprint density at radius 2 is 1.94 bits per heavy atom. The first-order chi connectivity index (χ1) is 15.9. The average Bonchev–Trinajstić information content (AvgIpc) is 2.87. The predicted octanol–water partition coefficient (Wildman–Crippen LogP) is 2.97. The smallest absolute Gasteiger partial charge is 0.314 e. The SMILES string of the molecule is CCC(O)(CC)c1ccc(-c2cc3nccnc3c(OC[C@@H]3CN(C(N)=O)CCO3)n2)cc1.S. The van der Waals surface area contributed by atoms with Crippen LogP contribution in [0, 0.1) is 0 Å². The fourth-order valence-electron chi connectivity index (χ4n) is 3.99. The first kappa shape index (κ1) is 25.7. The van der Waals surface area contributed by atoms with Gasteiger partial charge in [0, 0.05) is 24.5 Å². The summed E-state index contributed by atoms with van der Waals surface area (Å²) in [5.74, 6) is 0.345. The number of carbonyl (C=O) groups excluding carboxylic acids is 1. The van der Waals surface area contributed by atoms with Crippen LogP contribution in [0.15, 0.2) is 42.7 Å². The molecule has 1 atom stereocenters. The third-order valence-electron chi connectivity index (χ3n) is 6.17. The number of hydrogen-bond donors (Lipinski definition) is 2. The third kappa shape index (κ3) is 5.40. The summed E-state index contributed by atoms with van der Waals surface area (Å²) >= 11 is 0. The molecule has 1 aliphatic heterocycles. The summed E-state index contributed by atoms with van der Waals surface area (Å²) in [7, 11) is 0. The molecule has 2 amide bonds. The van der Waals surface area contributed by atoms with Gasteiger partial charge in [0.05, 0.1) is 30.0 Å². The second-order valence-corrected chi connectivity index (χ2v) is 8.14. The van der Waals surface area contributed by atoms with Crippen LogP contribution >= 0.6 is 13.5 Å². The van der Waals surface area contributed by atoms with Crippen LogP contribution in [0.2, 0.25) is 0 Å². The lowest BCUT2D eigenvalue weighted by atomic mass is 9.88. The highest BCUT2D eigenvalue weighted by Crippen LogP contribution is 2.31. The van der Waals surface area contributed by atoms with Crippen molar-refractivity contribution >= 4 is 30.6 Å². The summed E-state index contributed by atoms with van der Waals surface area (Å²) in [5.41, 5.74) is 8.20. The molecule has 3 aromatic rings. The Morgan fingerprint density at radius 1 is 1.24 bits per heavy atom. The van der Waals surface area contributed by atoms with Crippen LogP contribution in [-0.4, -0.2) is 63.4 Å². The molecule has 1 saturated heterocycles. The number of hydrogen-bond acceptors (Lipinski definition) is 7. The highest BCUT2D eigenvalue weighted by molar-refractivity contribution is 7.59. The molecule has 0 radical (unpaired) electrons. The Balaban J connectivity index is 0.00000324. The molecule has 1 aromatic carbocycles. The van der Waals surface area contributed by atoms with Gasteiger partial charge in [0.2, 0.25) is 5.88 Å². The van der Waals surface area contributed by atoms with Crippen molar-refractivity contribution in [1.29, 1.82) is 0 Å². The minimum absolute atomic E-state index is 0. The molecular weight excluding hydrogens is 454 g/mol. The molecule has 3 heterocycles. The maximum absolute atomic E-state index is 11.5. The number of fused-ring (bicyclic) bond motifs is 1. The van der Waals surface area contributed by atoms with E-state index in [1.54, 1.807) is 12.4 Å². The monoisotopic (exact) mass is 485 g/mol. The predicted molar refractivity (Wildman–Crippen MR) is 134 cm³/mol. The Morgan fingerprint density at radius 3 is 2.62 bits per heavy atom. The van der Waals surface area contributed by atoms with Crippen molar-refractivity contribution in [3.05, 3.63) is 48.3 Å². The Bertz CT molecular complexity index is 1120. The largest absolute Gasteiger partial charge is 0.473 e. The first-order valence-corrected chi connectivity index (χ1v) is 11.2. The number of amides is 2. The van der Waals surface area contributed by atoms with Gasteiger partial charge < -0.3 is 25.2 Å². The highest BCUT2D eigenvalue weighted by Gasteiger charge is 2.25. The summed E-state index contributed by atoms with van der Waals surface area (Å²) in [4.78, 5) is 26.5. The van der Waals surface area contributed by atoms with E-state index in [0.29, 0.717) is 55.1 Å². The lowest BCUT2D eigenvalue weighted by molar-refractivity contribution is -0.0346. The topological polar surface area (TPSA) is 124 Å². The van der Waals surface area contributed by atoms with Crippen molar-refractivity contribution in [2.45, 2.75) is 38.4 Å². The summed E-state index contributed by atoms with van der Waals surface area (Å²) in [6.45, 7) is 5.38. The number of nitrogens with two attached hydrogens (primary N) is 1. The molecular formula is C24H31N5O4S. The van der Waals surface area contributed by atoms with Gasteiger partial charge in [-0.25, -0.2) is 14.8 Å². The van der Waals surface area contributed by atoms with Gasteiger partial charge in [0.1, 0.15) is 12.7 Å². The third-order valence-corrected chi connectivity index (χ3v) is 6.17. The maximum Gasteiger partial charge on any atom is 0.314 e. The van der Waals surface area contributed by atoms with Crippen LogP contribution in [0.4, 0.5) is 4.79 Å². The lowest BCUT2D eigenvalue weighted by Gasteiger charge is -2.31. The van der Waals surface area contributed by atoms with Gasteiger partial charge in [-0.1, -0.05) is 38.1 Å². The van der Waals surface area contributed by atoms with Gasteiger partial charge in [0.25, 0.3) is 0 Å². The van der Waals surface area contributed by atoms with Crippen LogP contribution in [0.1, 0.15) is 32.3 Å². The van der Waals surface area contributed by atoms with Crippen LogP contribution in [-0.2, 0) is 10.3 Å². The summed E-state index contributed by atoms with van der Waals surface area (Å²) in [6, 6.07) is 9.13. The molecule has 3 N–H and O–H groups in total. The molecule has 0 bridgehead atoms. The lowest BCUT2D eigenvalue weighted by Crippen LogP contribution is -2.49.